The number of anilines is 1. The number of thiophene rings is 1. The molecule has 0 aromatic carbocycles. The number of aromatic nitrogens is 1. The van der Waals surface area contributed by atoms with Crippen LogP contribution in [0.5, 0.6) is 0 Å². The molecule has 27 heavy (non-hydrogen) atoms. The van der Waals surface area contributed by atoms with Crippen LogP contribution in [0.25, 0.3) is 0 Å². The van der Waals surface area contributed by atoms with Gasteiger partial charge in [0.25, 0.3) is 0 Å². The van der Waals surface area contributed by atoms with Crippen molar-refractivity contribution in [1.82, 2.24) is 20.5 Å². The maximum absolute atomic E-state index is 4.69. The zero-order chi connectivity index (χ0) is 18.9. The van der Waals surface area contributed by atoms with Crippen molar-refractivity contribution in [3.8, 4) is 0 Å². The Morgan fingerprint density at radius 3 is 2.63 bits per heavy atom. The topological polar surface area (TPSA) is 55.8 Å². The molecule has 7 heteroatoms. The minimum absolute atomic E-state index is 0.622. The first-order chi connectivity index (χ1) is 13.3. The van der Waals surface area contributed by atoms with Crippen LogP contribution >= 0.6 is 11.3 Å². The van der Waals surface area contributed by atoms with Crippen LogP contribution in [0.3, 0.4) is 0 Å². The molecule has 0 amide bonds. The molecule has 3 heterocycles. The minimum atomic E-state index is 0.622. The van der Waals surface area contributed by atoms with Crippen LogP contribution < -0.4 is 15.5 Å². The molecule has 1 saturated heterocycles. The van der Waals surface area contributed by atoms with Crippen molar-refractivity contribution < 1.29 is 0 Å². The van der Waals surface area contributed by atoms with Crippen molar-refractivity contribution in [2.75, 3.05) is 44.2 Å². The highest BCUT2D eigenvalue weighted by atomic mass is 32.1. The summed E-state index contributed by atoms with van der Waals surface area (Å²) in [4.78, 5) is 15.5. The molecule has 1 aliphatic rings. The van der Waals surface area contributed by atoms with Crippen LogP contribution in [-0.4, -0.2) is 55.1 Å². The number of nitrogens with zero attached hydrogens (tertiary/aromatic N) is 4. The fourth-order valence-electron chi connectivity index (χ4n) is 3.09. The van der Waals surface area contributed by atoms with Gasteiger partial charge in [-0.3, -0.25) is 0 Å². The van der Waals surface area contributed by atoms with Gasteiger partial charge in [-0.25, -0.2) is 9.98 Å². The Morgan fingerprint density at radius 1 is 1.15 bits per heavy atom. The Bertz CT molecular complexity index is 690. The van der Waals surface area contributed by atoms with Crippen molar-refractivity contribution in [1.29, 1.82) is 0 Å². The number of pyridine rings is 1. The summed E-state index contributed by atoms with van der Waals surface area (Å²) in [5, 5.41) is 8.77. The number of likely N-dealkylation sites (N-methyl/N-ethyl adjacent to an activating group) is 1. The van der Waals surface area contributed by atoms with E-state index in [2.05, 4.69) is 73.9 Å². The van der Waals surface area contributed by atoms with E-state index in [0.29, 0.717) is 6.54 Å². The zero-order valence-corrected chi connectivity index (χ0v) is 17.1. The number of rotatable bonds is 7. The molecule has 2 N–H and O–H groups in total. The molecule has 0 aliphatic carbocycles. The SMILES string of the molecule is CCNC(=NCc1ccc(N2CCN(CC)CC2)nc1)NCc1cccs1. The third-order valence-electron chi connectivity index (χ3n) is 4.73. The Morgan fingerprint density at radius 2 is 2.00 bits per heavy atom. The largest absolute Gasteiger partial charge is 0.357 e. The zero-order valence-electron chi connectivity index (χ0n) is 16.3. The number of piperazine rings is 1. The van der Waals surface area contributed by atoms with E-state index in [1.165, 1.54) is 4.88 Å². The van der Waals surface area contributed by atoms with Crippen molar-refractivity contribution in [2.24, 2.45) is 4.99 Å². The van der Waals surface area contributed by atoms with Crippen molar-refractivity contribution in [2.45, 2.75) is 26.9 Å². The standard InChI is InChI=1S/C20H30N6S/c1-3-21-20(24-16-18-6-5-13-27-18)23-15-17-7-8-19(22-14-17)26-11-9-25(4-2)10-12-26/h5-8,13-14H,3-4,9-12,15-16H2,1-2H3,(H2,21,23,24). The predicted molar refractivity (Wildman–Crippen MR) is 115 cm³/mol. The monoisotopic (exact) mass is 386 g/mol. The maximum atomic E-state index is 4.69. The van der Waals surface area contributed by atoms with Gasteiger partial charge in [-0.2, -0.15) is 0 Å². The molecule has 0 unspecified atom stereocenters. The summed E-state index contributed by atoms with van der Waals surface area (Å²) in [6, 6.07) is 8.46. The predicted octanol–water partition coefficient (Wildman–Crippen LogP) is 2.54. The molecular formula is C20H30N6S. The summed E-state index contributed by atoms with van der Waals surface area (Å²) in [7, 11) is 0. The normalized spacial score (nSPS) is 15.8. The molecule has 1 fully saturated rings. The lowest BCUT2D eigenvalue weighted by Gasteiger charge is -2.34. The second kappa shape index (κ2) is 10.3. The first-order valence-electron chi connectivity index (χ1n) is 9.75. The van der Waals surface area contributed by atoms with Crippen LogP contribution in [0.4, 0.5) is 5.82 Å². The summed E-state index contributed by atoms with van der Waals surface area (Å²) in [6.45, 7) is 12.0. The van der Waals surface area contributed by atoms with Crippen LogP contribution in [0, 0.1) is 0 Å². The summed E-state index contributed by atoms with van der Waals surface area (Å²) in [5.41, 5.74) is 1.12. The van der Waals surface area contributed by atoms with E-state index in [9.17, 15) is 0 Å². The fraction of sp³-hybridized carbons (Fsp3) is 0.500. The molecule has 0 bridgehead atoms. The molecule has 1 aliphatic heterocycles. The van der Waals surface area contributed by atoms with Gasteiger partial charge in [0.2, 0.25) is 0 Å². The number of hydrogen-bond donors (Lipinski definition) is 2. The van der Waals surface area contributed by atoms with Gasteiger partial charge in [-0.15, -0.1) is 11.3 Å². The average molecular weight is 387 g/mol. The van der Waals surface area contributed by atoms with Crippen LogP contribution in [-0.2, 0) is 13.1 Å². The summed E-state index contributed by atoms with van der Waals surface area (Å²) in [5.74, 6) is 1.91. The Hall–Kier alpha value is -2.12. The first-order valence-corrected chi connectivity index (χ1v) is 10.6. The number of hydrogen-bond acceptors (Lipinski definition) is 5. The molecule has 2 aromatic rings. The third-order valence-corrected chi connectivity index (χ3v) is 5.60. The summed E-state index contributed by atoms with van der Waals surface area (Å²) in [6.07, 6.45) is 1.95. The molecule has 0 spiro atoms. The van der Waals surface area contributed by atoms with Gasteiger partial charge in [0, 0.05) is 43.8 Å². The van der Waals surface area contributed by atoms with E-state index in [1.54, 1.807) is 11.3 Å². The van der Waals surface area contributed by atoms with E-state index in [1.807, 2.05) is 6.20 Å². The molecule has 3 rings (SSSR count). The van der Waals surface area contributed by atoms with Gasteiger partial charge in [0.1, 0.15) is 5.82 Å². The Balaban J connectivity index is 1.53. The lowest BCUT2D eigenvalue weighted by Crippen LogP contribution is -2.46. The van der Waals surface area contributed by atoms with Crippen LogP contribution in [0.15, 0.2) is 40.8 Å². The van der Waals surface area contributed by atoms with Gasteiger partial charge in [0.15, 0.2) is 5.96 Å². The lowest BCUT2D eigenvalue weighted by molar-refractivity contribution is 0.270. The van der Waals surface area contributed by atoms with E-state index in [4.69, 9.17) is 0 Å². The minimum Gasteiger partial charge on any atom is -0.357 e. The molecule has 0 radical (unpaired) electrons. The van der Waals surface area contributed by atoms with Gasteiger partial charge in [-0.05, 0) is 36.5 Å². The molecule has 2 aromatic heterocycles. The quantitative estimate of drug-likeness (QED) is 0.566. The number of nitrogens with one attached hydrogen (secondary N) is 2. The Labute approximate surface area is 166 Å². The lowest BCUT2D eigenvalue weighted by atomic mass is 10.2. The van der Waals surface area contributed by atoms with Gasteiger partial charge in [-0.1, -0.05) is 19.1 Å². The van der Waals surface area contributed by atoms with Gasteiger partial charge in [0.05, 0.1) is 13.1 Å². The maximum Gasteiger partial charge on any atom is 0.191 e. The van der Waals surface area contributed by atoms with Crippen molar-refractivity contribution >= 4 is 23.1 Å². The van der Waals surface area contributed by atoms with E-state index >= 15 is 0 Å². The third kappa shape index (κ3) is 5.94. The second-order valence-corrected chi connectivity index (χ2v) is 7.61. The molecule has 146 valence electrons. The van der Waals surface area contributed by atoms with E-state index < -0.39 is 0 Å². The Kier molecular flexibility index (Phi) is 7.47. The van der Waals surface area contributed by atoms with Crippen molar-refractivity contribution in [3.05, 3.63) is 46.3 Å². The summed E-state index contributed by atoms with van der Waals surface area (Å²) >= 11 is 1.75. The van der Waals surface area contributed by atoms with Gasteiger partial charge < -0.3 is 20.4 Å². The first kappa shape index (κ1) is 19.6. The van der Waals surface area contributed by atoms with Gasteiger partial charge >= 0.3 is 0 Å². The number of aliphatic imine (C=N–C) groups is 1. The van der Waals surface area contributed by atoms with Crippen LogP contribution in [0.2, 0.25) is 0 Å². The highest BCUT2D eigenvalue weighted by molar-refractivity contribution is 7.09. The second-order valence-electron chi connectivity index (χ2n) is 6.57. The molecule has 6 nitrogen and oxygen atoms in total. The highest BCUT2D eigenvalue weighted by Gasteiger charge is 2.16. The molecule has 0 atom stereocenters. The number of guanidine groups is 1. The van der Waals surface area contributed by atoms with Crippen LogP contribution in [0.1, 0.15) is 24.3 Å². The average Bonchev–Trinajstić information content (AvgIpc) is 3.24. The van der Waals surface area contributed by atoms with E-state index in [0.717, 1.165) is 63.2 Å². The smallest absolute Gasteiger partial charge is 0.191 e. The molecule has 0 saturated carbocycles. The fourth-order valence-corrected chi connectivity index (χ4v) is 3.73. The highest BCUT2D eigenvalue weighted by Crippen LogP contribution is 2.14. The molecular weight excluding hydrogens is 356 g/mol. The van der Waals surface area contributed by atoms with E-state index in [-0.39, 0.29) is 0 Å². The van der Waals surface area contributed by atoms with Crippen molar-refractivity contribution in [3.63, 3.8) is 0 Å². The summed E-state index contributed by atoms with van der Waals surface area (Å²) < 4.78 is 0.